The number of rotatable bonds is 17. The summed E-state index contributed by atoms with van der Waals surface area (Å²) in [6.45, 7) is 6.43. The predicted octanol–water partition coefficient (Wildman–Crippen LogP) is 3.17. The summed E-state index contributed by atoms with van der Waals surface area (Å²) >= 11 is 0. The second kappa shape index (κ2) is 16.4. The van der Waals surface area contributed by atoms with Crippen LogP contribution in [0.3, 0.4) is 0 Å². The van der Waals surface area contributed by atoms with Crippen LogP contribution >= 0.6 is 0 Å². The Hall–Kier alpha value is -2.30. The van der Waals surface area contributed by atoms with Crippen molar-refractivity contribution in [2.24, 2.45) is 5.41 Å². The van der Waals surface area contributed by atoms with Gasteiger partial charge in [0.25, 0.3) is 0 Å². The molecule has 0 amide bonds. The maximum atomic E-state index is 12.7. The summed E-state index contributed by atoms with van der Waals surface area (Å²) in [4.78, 5) is 24.4. The molecule has 0 aromatic heterocycles. The number of esters is 1. The molecule has 6 nitrogen and oxygen atoms in total. The Bertz CT molecular complexity index is 603. The van der Waals surface area contributed by atoms with Crippen molar-refractivity contribution >= 4 is 11.8 Å². The van der Waals surface area contributed by atoms with Gasteiger partial charge in [0.1, 0.15) is 31.2 Å². The van der Waals surface area contributed by atoms with Crippen LogP contribution in [0.25, 0.3) is 0 Å². The van der Waals surface area contributed by atoms with Crippen LogP contribution < -0.4 is 0 Å². The third kappa shape index (κ3) is 16.1. The van der Waals surface area contributed by atoms with Crippen molar-refractivity contribution in [3.63, 3.8) is 0 Å². The fraction of sp³-hybridized carbons (Fsp3) is 0.680. The predicted molar refractivity (Wildman–Crippen MR) is 120 cm³/mol. The number of hydrogen-bond donors (Lipinski definition) is 0. The molecule has 0 saturated carbocycles. The molecule has 0 spiro atoms. The van der Waals surface area contributed by atoms with Gasteiger partial charge in [-0.15, -0.1) is 19.3 Å². The Morgan fingerprint density at radius 2 is 1.19 bits per heavy atom. The van der Waals surface area contributed by atoms with E-state index in [1.54, 1.807) is 0 Å². The first kappa shape index (κ1) is 28.7. The normalized spacial score (nSPS) is 11.2. The monoisotopic (exact) mass is 432 g/mol. The quantitative estimate of drug-likeness (QED) is 0.200. The standard InChI is InChI=1S/C25H36O6/c1-7-15-28-19-25(20-29-16-8-2,21-30-17-9-3)18-22(26)13-11-10-12-14-23(27)31-24(4,5)6/h1-3H,10-21H2,4-6H3. The van der Waals surface area contributed by atoms with E-state index in [1.165, 1.54) is 0 Å². The highest BCUT2D eigenvalue weighted by atomic mass is 16.6. The molecule has 0 aromatic carbocycles. The Balaban J connectivity index is 4.70. The molecule has 0 unspecified atom stereocenters. The van der Waals surface area contributed by atoms with Gasteiger partial charge in [-0.1, -0.05) is 24.2 Å². The topological polar surface area (TPSA) is 71.1 Å². The summed E-state index contributed by atoms with van der Waals surface area (Å²) in [6, 6.07) is 0. The van der Waals surface area contributed by atoms with Gasteiger partial charge < -0.3 is 18.9 Å². The molecule has 0 atom stereocenters. The minimum absolute atomic E-state index is 0.0511. The van der Waals surface area contributed by atoms with E-state index in [1.807, 2.05) is 20.8 Å². The summed E-state index contributed by atoms with van der Waals surface area (Å²) in [5, 5.41) is 0. The Labute approximate surface area is 187 Å². The number of carbonyl (C=O) groups is 2. The lowest BCUT2D eigenvalue weighted by Crippen LogP contribution is -2.39. The lowest BCUT2D eigenvalue weighted by atomic mass is 9.84. The fourth-order valence-electron chi connectivity index (χ4n) is 2.92. The SMILES string of the molecule is C#CCOCC(COCC#C)(COCC#C)CC(=O)CCCCCC(=O)OC(C)(C)C. The van der Waals surface area contributed by atoms with E-state index in [4.69, 9.17) is 38.2 Å². The highest BCUT2D eigenvalue weighted by Gasteiger charge is 2.34. The van der Waals surface area contributed by atoms with Gasteiger partial charge >= 0.3 is 5.97 Å². The van der Waals surface area contributed by atoms with Crippen molar-refractivity contribution in [3.05, 3.63) is 0 Å². The van der Waals surface area contributed by atoms with Gasteiger partial charge in [0.15, 0.2) is 0 Å². The van der Waals surface area contributed by atoms with E-state index < -0.39 is 11.0 Å². The molecule has 0 radical (unpaired) electrons. The van der Waals surface area contributed by atoms with Crippen LogP contribution in [0.15, 0.2) is 0 Å². The summed E-state index contributed by atoms with van der Waals surface area (Å²) < 4.78 is 21.8. The molecule has 0 aliphatic carbocycles. The Morgan fingerprint density at radius 3 is 1.61 bits per heavy atom. The number of Topliss-reactive ketones (excluding diaryl/α,β-unsaturated/α-hetero) is 1. The summed E-state index contributed by atoms with van der Waals surface area (Å²) in [7, 11) is 0. The lowest BCUT2D eigenvalue weighted by molar-refractivity contribution is -0.154. The highest BCUT2D eigenvalue weighted by Crippen LogP contribution is 2.26. The second-order valence-electron chi connectivity index (χ2n) is 8.45. The van der Waals surface area contributed by atoms with E-state index in [0.717, 1.165) is 6.42 Å². The highest BCUT2D eigenvalue weighted by molar-refractivity contribution is 5.79. The minimum Gasteiger partial charge on any atom is -0.460 e. The zero-order valence-electron chi connectivity index (χ0n) is 19.2. The van der Waals surface area contributed by atoms with Crippen molar-refractivity contribution < 1.29 is 28.5 Å². The first-order valence-electron chi connectivity index (χ1n) is 10.5. The smallest absolute Gasteiger partial charge is 0.306 e. The number of carbonyl (C=O) groups excluding carboxylic acids is 2. The Kier molecular flexibility index (Phi) is 15.2. The fourth-order valence-corrected chi connectivity index (χ4v) is 2.92. The molecule has 0 N–H and O–H groups in total. The lowest BCUT2D eigenvalue weighted by Gasteiger charge is -2.32. The zero-order valence-corrected chi connectivity index (χ0v) is 19.2. The van der Waals surface area contributed by atoms with Crippen molar-refractivity contribution in [2.75, 3.05) is 39.6 Å². The van der Waals surface area contributed by atoms with Crippen LogP contribution in [0.1, 0.15) is 59.3 Å². The number of ketones is 1. The van der Waals surface area contributed by atoms with Gasteiger partial charge in [-0.3, -0.25) is 9.59 Å². The molecule has 0 rings (SSSR count). The van der Waals surface area contributed by atoms with Crippen molar-refractivity contribution in [3.8, 4) is 37.0 Å². The van der Waals surface area contributed by atoms with Crippen LogP contribution in [-0.4, -0.2) is 57.0 Å². The molecule has 0 bridgehead atoms. The first-order valence-corrected chi connectivity index (χ1v) is 10.5. The molecule has 172 valence electrons. The summed E-state index contributed by atoms with van der Waals surface area (Å²) in [6.07, 6.45) is 18.8. The van der Waals surface area contributed by atoms with E-state index in [2.05, 4.69) is 17.8 Å². The van der Waals surface area contributed by atoms with Crippen molar-refractivity contribution in [2.45, 2.75) is 64.9 Å². The zero-order chi connectivity index (χ0) is 23.6. The van der Waals surface area contributed by atoms with E-state index in [0.29, 0.717) is 25.7 Å². The maximum absolute atomic E-state index is 12.7. The van der Waals surface area contributed by atoms with Crippen LogP contribution in [-0.2, 0) is 28.5 Å². The van der Waals surface area contributed by atoms with E-state index >= 15 is 0 Å². The minimum atomic E-state index is -0.724. The van der Waals surface area contributed by atoms with E-state index in [-0.39, 0.29) is 57.8 Å². The van der Waals surface area contributed by atoms with Crippen LogP contribution in [0.2, 0.25) is 0 Å². The van der Waals surface area contributed by atoms with Gasteiger partial charge in [0.2, 0.25) is 0 Å². The van der Waals surface area contributed by atoms with Crippen LogP contribution in [0.4, 0.5) is 0 Å². The third-order valence-electron chi connectivity index (χ3n) is 4.11. The van der Waals surface area contributed by atoms with Gasteiger partial charge in [-0.2, -0.15) is 0 Å². The first-order chi connectivity index (χ1) is 14.7. The summed E-state index contributed by atoms with van der Waals surface area (Å²) in [5.41, 5.74) is -1.21. The molecular weight excluding hydrogens is 396 g/mol. The molecule has 0 heterocycles. The van der Waals surface area contributed by atoms with Crippen molar-refractivity contribution in [1.82, 2.24) is 0 Å². The summed E-state index contributed by atoms with van der Waals surface area (Å²) in [5.74, 6) is 7.05. The molecule has 0 aliphatic rings. The van der Waals surface area contributed by atoms with Gasteiger partial charge in [0.05, 0.1) is 19.8 Å². The largest absolute Gasteiger partial charge is 0.460 e. The van der Waals surface area contributed by atoms with E-state index in [9.17, 15) is 9.59 Å². The second-order valence-corrected chi connectivity index (χ2v) is 8.45. The molecular formula is C25H36O6. The average Bonchev–Trinajstić information content (AvgIpc) is 2.67. The number of hydrogen-bond acceptors (Lipinski definition) is 6. The maximum Gasteiger partial charge on any atom is 0.306 e. The third-order valence-corrected chi connectivity index (χ3v) is 4.11. The van der Waals surface area contributed by atoms with Crippen molar-refractivity contribution in [1.29, 1.82) is 0 Å². The molecule has 0 aliphatic heterocycles. The van der Waals surface area contributed by atoms with Crippen LogP contribution in [0.5, 0.6) is 0 Å². The van der Waals surface area contributed by atoms with Gasteiger partial charge in [-0.05, 0) is 33.6 Å². The average molecular weight is 433 g/mol. The molecule has 0 fully saturated rings. The Morgan fingerprint density at radius 1 is 0.742 bits per heavy atom. The molecule has 0 saturated heterocycles. The molecule has 31 heavy (non-hydrogen) atoms. The van der Waals surface area contributed by atoms with Gasteiger partial charge in [-0.25, -0.2) is 0 Å². The number of unbranched alkanes of at least 4 members (excludes halogenated alkanes) is 2. The van der Waals surface area contributed by atoms with Crippen LogP contribution in [0, 0.1) is 42.4 Å². The number of ether oxygens (including phenoxy) is 4. The molecule has 0 aromatic rings. The molecule has 6 heteroatoms. The van der Waals surface area contributed by atoms with Gasteiger partial charge in [0, 0.05) is 24.7 Å². The number of terminal acetylenes is 3.